The van der Waals surface area contributed by atoms with Crippen LogP contribution in [0.25, 0.3) is 0 Å². The van der Waals surface area contributed by atoms with Gasteiger partial charge in [0.1, 0.15) is 15.5 Å². The summed E-state index contributed by atoms with van der Waals surface area (Å²) in [6.45, 7) is 3.93. The summed E-state index contributed by atoms with van der Waals surface area (Å²) < 4.78 is 61.5. The van der Waals surface area contributed by atoms with Crippen molar-refractivity contribution in [3.05, 3.63) is 108 Å². The number of hydrogen-bond donors (Lipinski definition) is 2. The van der Waals surface area contributed by atoms with Gasteiger partial charge in [-0.1, -0.05) is 56.3 Å². The molecule has 4 aromatic rings. The number of amides is 2. The Hall–Kier alpha value is -4.35. The third kappa shape index (κ3) is 7.19. The lowest BCUT2D eigenvalue weighted by atomic mass is 10.2. The molecule has 0 unspecified atom stereocenters. The monoisotopic (exact) mass is 580 g/mol. The second-order valence-electron chi connectivity index (χ2n) is 8.67. The number of benzene rings is 4. The van der Waals surface area contributed by atoms with Crippen LogP contribution in [0.3, 0.4) is 0 Å². The quantitative estimate of drug-likeness (QED) is 0.221. The van der Waals surface area contributed by atoms with Gasteiger partial charge in [0, 0.05) is 11.8 Å². The van der Waals surface area contributed by atoms with Crippen molar-refractivity contribution < 1.29 is 30.0 Å². The second kappa shape index (κ2) is 12.2. The zero-order valence-electron chi connectivity index (χ0n) is 21.8. The lowest BCUT2D eigenvalue weighted by Gasteiger charge is -2.14. The Bertz CT molecular complexity index is 1700. The van der Waals surface area contributed by atoms with Gasteiger partial charge in [-0.05, 0) is 72.5 Å². The van der Waals surface area contributed by atoms with Gasteiger partial charge in [0.15, 0.2) is 5.75 Å². The average molecular weight is 581 g/mol. The molecule has 0 atom stereocenters. The predicted octanol–water partition coefficient (Wildman–Crippen LogP) is 5.99. The molecule has 2 N–H and O–H groups in total. The zero-order valence-corrected chi connectivity index (χ0v) is 23.5. The van der Waals surface area contributed by atoms with Crippen LogP contribution in [0, 0.1) is 0 Å². The van der Waals surface area contributed by atoms with Crippen LogP contribution < -0.4 is 19.0 Å². The summed E-state index contributed by atoms with van der Waals surface area (Å²) in [7, 11) is -8.23. The van der Waals surface area contributed by atoms with E-state index in [1.165, 1.54) is 54.6 Å². The van der Waals surface area contributed by atoms with E-state index in [4.69, 9.17) is 8.37 Å². The van der Waals surface area contributed by atoms with Crippen LogP contribution in [-0.2, 0) is 33.1 Å². The standard InChI is InChI=1S/C29H28N2O7S2/c1-3-21-12-16-25(17-13-21)39(33,34)37-24-9-7-8-23(20-24)30-29(32)31-27-10-5-6-11-28(27)38-40(35,36)26-18-14-22(4-2)15-19-26/h5-20H,3-4H2,1-2H3,(H2,30,31,32). The van der Waals surface area contributed by atoms with Crippen LogP contribution >= 0.6 is 0 Å². The van der Waals surface area contributed by atoms with E-state index in [0.29, 0.717) is 0 Å². The molecule has 0 aliphatic heterocycles. The Balaban J connectivity index is 1.44. The lowest BCUT2D eigenvalue weighted by molar-refractivity contribution is 0.262. The molecule has 208 valence electrons. The van der Waals surface area contributed by atoms with E-state index in [9.17, 15) is 21.6 Å². The van der Waals surface area contributed by atoms with E-state index >= 15 is 0 Å². The van der Waals surface area contributed by atoms with E-state index in [2.05, 4.69) is 10.6 Å². The van der Waals surface area contributed by atoms with Gasteiger partial charge < -0.3 is 19.0 Å². The molecule has 0 aromatic heterocycles. The van der Waals surface area contributed by atoms with E-state index in [-0.39, 0.29) is 32.7 Å². The Kier molecular flexibility index (Phi) is 8.76. The number of para-hydroxylation sites is 2. The van der Waals surface area contributed by atoms with E-state index in [0.717, 1.165) is 24.0 Å². The number of carbonyl (C=O) groups excluding carboxylic acids is 1. The van der Waals surface area contributed by atoms with Crippen LogP contribution in [0.15, 0.2) is 107 Å². The van der Waals surface area contributed by atoms with Crippen molar-refractivity contribution in [1.82, 2.24) is 0 Å². The maximum Gasteiger partial charge on any atom is 0.339 e. The van der Waals surface area contributed by atoms with Gasteiger partial charge in [-0.3, -0.25) is 0 Å². The third-order valence-corrected chi connectivity index (χ3v) is 8.38. The van der Waals surface area contributed by atoms with Gasteiger partial charge >= 0.3 is 26.3 Å². The molecular formula is C29H28N2O7S2. The highest BCUT2D eigenvalue weighted by Crippen LogP contribution is 2.28. The summed E-state index contributed by atoms with van der Waals surface area (Å²) in [6.07, 6.45) is 1.54. The third-order valence-electron chi connectivity index (χ3n) is 5.87. The van der Waals surface area contributed by atoms with Gasteiger partial charge in [0.05, 0.1) is 5.69 Å². The summed E-state index contributed by atoms with van der Waals surface area (Å²) in [5, 5.41) is 5.13. The maximum absolute atomic E-state index is 12.8. The SMILES string of the molecule is CCc1ccc(S(=O)(=O)Oc2cccc(NC(=O)Nc3ccccc3OS(=O)(=O)c3ccc(CC)cc3)c2)cc1. The zero-order chi connectivity index (χ0) is 28.8. The molecule has 9 nitrogen and oxygen atoms in total. The number of carbonyl (C=O) groups is 1. The van der Waals surface area contributed by atoms with Crippen molar-refractivity contribution in [2.45, 2.75) is 36.5 Å². The number of nitrogens with one attached hydrogen (secondary N) is 2. The molecular weight excluding hydrogens is 552 g/mol. The Morgan fingerprint density at radius 1 is 0.650 bits per heavy atom. The van der Waals surface area contributed by atoms with E-state index in [1.807, 2.05) is 13.8 Å². The molecule has 11 heteroatoms. The van der Waals surface area contributed by atoms with Crippen molar-refractivity contribution in [2.24, 2.45) is 0 Å². The first-order valence-electron chi connectivity index (χ1n) is 12.4. The fraction of sp³-hybridized carbons (Fsp3) is 0.138. The van der Waals surface area contributed by atoms with Crippen molar-refractivity contribution in [2.75, 3.05) is 10.6 Å². The molecule has 0 radical (unpaired) electrons. The van der Waals surface area contributed by atoms with Crippen LogP contribution in [0.5, 0.6) is 11.5 Å². The first kappa shape index (κ1) is 28.7. The number of rotatable bonds is 10. The molecule has 0 heterocycles. The fourth-order valence-electron chi connectivity index (χ4n) is 3.68. The molecule has 4 aromatic carbocycles. The number of anilines is 2. The minimum atomic E-state index is -4.15. The fourth-order valence-corrected chi connectivity index (χ4v) is 5.55. The topological polar surface area (TPSA) is 128 Å². The van der Waals surface area contributed by atoms with E-state index < -0.39 is 26.3 Å². The molecule has 0 saturated carbocycles. The maximum atomic E-state index is 12.8. The highest BCUT2D eigenvalue weighted by Gasteiger charge is 2.20. The summed E-state index contributed by atoms with van der Waals surface area (Å²) in [5.41, 5.74) is 2.33. The molecule has 0 saturated heterocycles. The first-order chi connectivity index (χ1) is 19.1. The molecule has 4 rings (SSSR count). The summed E-state index contributed by atoms with van der Waals surface area (Å²) in [6, 6.07) is 24.0. The molecule has 0 spiro atoms. The Morgan fingerprint density at radius 2 is 1.20 bits per heavy atom. The smallest absolute Gasteiger partial charge is 0.339 e. The minimum Gasteiger partial charge on any atom is -0.379 e. The summed E-state index contributed by atoms with van der Waals surface area (Å²) in [5.74, 6) is -0.0734. The first-order valence-corrected chi connectivity index (χ1v) is 15.2. The molecule has 0 fully saturated rings. The Labute approximate surface area is 234 Å². The molecule has 0 aliphatic rings. The predicted molar refractivity (Wildman–Crippen MR) is 153 cm³/mol. The van der Waals surface area contributed by atoms with Crippen LogP contribution in [0.4, 0.5) is 16.2 Å². The van der Waals surface area contributed by atoms with Gasteiger partial charge in [-0.15, -0.1) is 0 Å². The normalized spacial score (nSPS) is 11.4. The highest BCUT2D eigenvalue weighted by atomic mass is 32.2. The van der Waals surface area contributed by atoms with E-state index in [1.54, 1.807) is 42.5 Å². The van der Waals surface area contributed by atoms with Gasteiger partial charge in [0.2, 0.25) is 0 Å². The minimum absolute atomic E-state index is 0.00119. The van der Waals surface area contributed by atoms with Gasteiger partial charge in [-0.25, -0.2) is 4.79 Å². The molecule has 40 heavy (non-hydrogen) atoms. The summed E-state index contributed by atoms with van der Waals surface area (Å²) in [4.78, 5) is 12.7. The second-order valence-corrected chi connectivity index (χ2v) is 11.8. The van der Waals surface area contributed by atoms with Crippen LogP contribution in [0.2, 0.25) is 0 Å². The van der Waals surface area contributed by atoms with Crippen LogP contribution in [0.1, 0.15) is 25.0 Å². The van der Waals surface area contributed by atoms with Crippen molar-refractivity contribution >= 4 is 37.6 Å². The number of aryl methyl sites for hydroxylation is 2. The average Bonchev–Trinajstić information content (AvgIpc) is 2.94. The number of hydrogen-bond acceptors (Lipinski definition) is 7. The van der Waals surface area contributed by atoms with Crippen molar-refractivity contribution in [3.63, 3.8) is 0 Å². The molecule has 0 bridgehead atoms. The van der Waals surface area contributed by atoms with Crippen LogP contribution in [-0.4, -0.2) is 22.9 Å². The molecule has 2 amide bonds. The van der Waals surface area contributed by atoms with Gasteiger partial charge in [-0.2, -0.15) is 16.8 Å². The summed E-state index contributed by atoms with van der Waals surface area (Å²) >= 11 is 0. The largest absolute Gasteiger partial charge is 0.379 e. The van der Waals surface area contributed by atoms with Gasteiger partial charge in [0.25, 0.3) is 0 Å². The van der Waals surface area contributed by atoms with Crippen molar-refractivity contribution in [3.8, 4) is 11.5 Å². The molecule has 0 aliphatic carbocycles. The van der Waals surface area contributed by atoms with Crippen molar-refractivity contribution in [1.29, 1.82) is 0 Å². The highest BCUT2D eigenvalue weighted by molar-refractivity contribution is 7.87. The lowest BCUT2D eigenvalue weighted by Crippen LogP contribution is -2.20. The Morgan fingerprint density at radius 3 is 1.77 bits per heavy atom. The number of urea groups is 1.